The van der Waals surface area contributed by atoms with Crippen molar-refractivity contribution in [1.29, 1.82) is 0 Å². The van der Waals surface area contributed by atoms with Crippen LogP contribution in [0.1, 0.15) is 61.1 Å². The van der Waals surface area contributed by atoms with Crippen LogP contribution in [0.4, 0.5) is 11.4 Å². The molecule has 0 aromatic heterocycles. The molecule has 6 heteroatoms. The Balaban J connectivity index is 1.82. The summed E-state index contributed by atoms with van der Waals surface area (Å²) in [7, 11) is 0. The van der Waals surface area contributed by atoms with Gasteiger partial charge in [-0.05, 0) is 72.2 Å². The second-order valence-corrected chi connectivity index (χ2v) is 9.61. The van der Waals surface area contributed by atoms with Crippen LogP contribution in [0.15, 0.2) is 48.6 Å². The predicted octanol–water partition coefficient (Wildman–Crippen LogP) is 4.61. The lowest BCUT2D eigenvalue weighted by Gasteiger charge is -2.33. The van der Waals surface area contributed by atoms with E-state index >= 15 is 0 Å². The average Bonchev–Trinajstić information content (AvgIpc) is 3.32. The van der Waals surface area contributed by atoms with Crippen LogP contribution in [-0.2, 0) is 37.4 Å². The van der Waals surface area contributed by atoms with Gasteiger partial charge in [-0.1, -0.05) is 39.8 Å². The number of aryl methyl sites for hydroxylation is 4. The molecule has 0 radical (unpaired) electrons. The molecule has 0 bridgehead atoms. The minimum absolute atomic E-state index is 0.323. The normalized spacial score (nSPS) is 15.8. The van der Waals surface area contributed by atoms with Gasteiger partial charge in [0.2, 0.25) is 0 Å². The van der Waals surface area contributed by atoms with Gasteiger partial charge in [-0.2, -0.15) is 0 Å². The molecule has 6 nitrogen and oxygen atoms in total. The van der Waals surface area contributed by atoms with Crippen molar-refractivity contribution in [2.75, 3.05) is 9.80 Å². The van der Waals surface area contributed by atoms with Crippen LogP contribution in [0.3, 0.4) is 0 Å². The van der Waals surface area contributed by atoms with E-state index in [0.29, 0.717) is 24.2 Å². The Morgan fingerprint density at radius 3 is 1.20 bits per heavy atom. The minimum atomic E-state index is -0.409. The van der Waals surface area contributed by atoms with E-state index in [2.05, 4.69) is 26.0 Å². The van der Waals surface area contributed by atoms with E-state index in [9.17, 15) is 19.2 Å². The second kappa shape index (κ2) is 8.77. The number of nitrogens with zero attached hydrogens (tertiary/aromatic N) is 2. The molecule has 0 spiro atoms. The molecule has 4 amide bonds. The molecule has 180 valence electrons. The quantitative estimate of drug-likeness (QED) is 0.578. The molecule has 2 aliphatic heterocycles. The molecule has 2 heterocycles. The number of carbonyl (C=O) groups is 4. The van der Waals surface area contributed by atoms with Gasteiger partial charge in [0.15, 0.2) is 0 Å². The molecule has 0 N–H and O–H groups in total. The van der Waals surface area contributed by atoms with Crippen molar-refractivity contribution in [3.8, 4) is 0 Å². The third-order valence-electron chi connectivity index (χ3n) is 7.06. The highest BCUT2D eigenvalue weighted by Crippen LogP contribution is 2.41. The number of amides is 4. The first-order valence-corrected chi connectivity index (χ1v) is 11.9. The van der Waals surface area contributed by atoms with Crippen molar-refractivity contribution in [1.82, 2.24) is 0 Å². The Kier molecular flexibility index (Phi) is 6.09. The van der Waals surface area contributed by atoms with Crippen LogP contribution in [0, 0.1) is 13.8 Å². The highest BCUT2D eigenvalue weighted by atomic mass is 16.2. The topological polar surface area (TPSA) is 74.8 Å². The lowest BCUT2D eigenvalue weighted by Crippen LogP contribution is -2.32. The maximum Gasteiger partial charge on any atom is 0.258 e. The van der Waals surface area contributed by atoms with Crippen LogP contribution in [0.2, 0.25) is 0 Å². The summed E-state index contributed by atoms with van der Waals surface area (Å²) in [6, 6.07) is 8.05. The third kappa shape index (κ3) is 3.93. The van der Waals surface area contributed by atoms with Crippen molar-refractivity contribution in [2.45, 2.75) is 59.8 Å². The number of anilines is 2. The average molecular weight is 471 g/mol. The number of hydrogen-bond donors (Lipinski definition) is 0. The Hall–Kier alpha value is -3.80. The van der Waals surface area contributed by atoms with E-state index in [1.54, 1.807) is 0 Å². The van der Waals surface area contributed by atoms with Crippen molar-refractivity contribution in [3.05, 3.63) is 82.0 Å². The van der Waals surface area contributed by atoms with Crippen LogP contribution < -0.4 is 9.80 Å². The van der Waals surface area contributed by atoms with E-state index < -0.39 is 5.41 Å². The van der Waals surface area contributed by atoms with Crippen LogP contribution >= 0.6 is 0 Å². The van der Waals surface area contributed by atoms with Gasteiger partial charge in [0, 0.05) is 29.7 Å². The SMILES string of the molecule is CCc1cc(C(C)(C)c2cc(CC)c(N3C(=O)C=CC3=O)cc2C)c(C)cc1N1C(=O)C=CC1=O. The summed E-state index contributed by atoms with van der Waals surface area (Å²) < 4.78 is 0. The molecule has 0 saturated heterocycles. The maximum absolute atomic E-state index is 12.3. The van der Waals surface area contributed by atoms with Gasteiger partial charge < -0.3 is 0 Å². The Morgan fingerprint density at radius 2 is 0.914 bits per heavy atom. The molecular weight excluding hydrogens is 440 g/mol. The first kappa shape index (κ1) is 24.3. The molecule has 2 aromatic rings. The van der Waals surface area contributed by atoms with Gasteiger partial charge in [0.05, 0.1) is 11.4 Å². The number of benzene rings is 2. The fourth-order valence-electron chi connectivity index (χ4n) is 5.22. The summed E-state index contributed by atoms with van der Waals surface area (Å²) in [4.78, 5) is 51.8. The summed E-state index contributed by atoms with van der Waals surface area (Å²) in [5.74, 6) is -1.29. The molecule has 0 unspecified atom stereocenters. The van der Waals surface area contributed by atoms with E-state index in [-0.39, 0.29) is 23.6 Å². The number of carbonyl (C=O) groups excluding carboxylic acids is 4. The standard InChI is InChI=1S/C29H30N2O4/c1-7-19-15-21(17(3)13-23(19)30-25(32)9-10-26(30)33)29(5,6)22-16-20(8-2)24(14-18(22)4)31-27(34)11-12-28(31)35/h9-16H,7-8H2,1-6H3. The zero-order valence-corrected chi connectivity index (χ0v) is 21.1. The van der Waals surface area contributed by atoms with Crippen LogP contribution in [0.25, 0.3) is 0 Å². The van der Waals surface area contributed by atoms with Crippen LogP contribution in [0.5, 0.6) is 0 Å². The summed E-state index contributed by atoms with van der Waals surface area (Å²) in [6.07, 6.45) is 6.55. The lowest BCUT2D eigenvalue weighted by atomic mass is 9.73. The first-order chi connectivity index (χ1) is 16.5. The Bertz CT molecular complexity index is 1210. The van der Waals surface area contributed by atoms with Crippen molar-refractivity contribution < 1.29 is 19.2 Å². The van der Waals surface area contributed by atoms with Crippen molar-refractivity contribution >= 4 is 35.0 Å². The second-order valence-electron chi connectivity index (χ2n) is 9.61. The van der Waals surface area contributed by atoms with Crippen molar-refractivity contribution in [3.63, 3.8) is 0 Å². The number of hydrogen-bond acceptors (Lipinski definition) is 4. The van der Waals surface area contributed by atoms with Gasteiger partial charge >= 0.3 is 0 Å². The highest BCUT2D eigenvalue weighted by molar-refractivity contribution is 6.29. The molecule has 0 atom stereocenters. The fourth-order valence-corrected chi connectivity index (χ4v) is 5.22. The smallest absolute Gasteiger partial charge is 0.258 e. The minimum Gasteiger partial charge on any atom is -0.269 e. The zero-order chi connectivity index (χ0) is 25.7. The summed E-state index contributed by atoms with van der Waals surface area (Å²) in [5.41, 5.74) is 6.84. The predicted molar refractivity (Wildman–Crippen MR) is 137 cm³/mol. The summed E-state index contributed by atoms with van der Waals surface area (Å²) in [6.45, 7) is 12.3. The van der Waals surface area contributed by atoms with Gasteiger partial charge in [0.25, 0.3) is 23.6 Å². The van der Waals surface area contributed by atoms with Gasteiger partial charge in [-0.3, -0.25) is 19.2 Å². The molecule has 4 rings (SSSR count). The lowest BCUT2D eigenvalue weighted by molar-refractivity contribution is -0.121. The van der Waals surface area contributed by atoms with Gasteiger partial charge in [-0.15, -0.1) is 0 Å². The van der Waals surface area contributed by atoms with Crippen molar-refractivity contribution in [2.24, 2.45) is 0 Å². The first-order valence-electron chi connectivity index (χ1n) is 11.9. The summed E-state index contributed by atoms with van der Waals surface area (Å²) in [5, 5.41) is 0. The highest BCUT2D eigenvalue weighted by Gasteiger charge is 2.33. The Morgan fingerprint density at radius 1 is 0.600 bits per heavy atom. The Labute approximate surface area is 205 Å². The van der Waals surface area contributed by atoms with Crippen LogP contribution in [-0.4, -0.2) is 23.6 Å². The third-order valence-corrected chi connectivity index (χ3v) is 7.06. The van der Waals surface area contributed by atoms with Gasteiger partial charge in [0.1, 0.15) is 0 Å². The monoisotopic (exact) mass is 470 g/mol. The molecule has 0 fully saturated rings. The van der Waals surface area contributed by atoms with E-state index in [4.69, 9.17) is 0 Å². The zero-order valence-electron chi connectivity index (χ0n) is 21.1. The van der Waals surface area contributed by atoms with E-state index in [1.165, 1.54) is 34.1 Å². The number of rotatable bonds is 6. The molecular formula is C29H30N2O4. The molecule has 0 aliphatic carbocycles. The largest absolute Gasteiger partial charge is 0.269 e. The fraction of sp³-hybridized carbons (Fsp3) is 0.310. The molecule has 35 heavy (non-hydrogen) atoms. The molecule has 0 saturated carbocycles. The molecule has 2 aromatic carbocycles. The molecule has 2 aliphatic rings. The number of imide groups is 2. The summed E-state index contributed by atoms with van der Waals surface area (Å²) >= 11 is 0. The van der Waals surface area contributed by atoms with E-state index in [1.807, 2.05) is 39.8 Å². The van der Waals surface area contributed by atoms with E-state index in [0.717, 1.165) is 33.4 Å². The van der Waals surface area contributed by atoms with Gasteiger partial charge in [-0.25, -0.2) is 9.80 Å². The maximum atomic E-state index is 12.3.